The Kier molecular flexibility index (Phi) is 16.9. The lowest BCUT2D eigenvalue weighted by Gasteiger charge is -1.93. The zero-order valence-electron chi connectivity index (χ0n) is 14.1. The van der Waals surface area contributed by atoms with Gasteiger partial charge in [0.15, 0.2) is 0 Å². The van der Waals surface area contributed by atoms with Gasteiger partial charge in [-0.3, -0.25) is 0 Å². The van der Waals surface area contributed by atoms with Crippen molar-refractivity contribution in [3.05, 3.63) is 24.8 Å². The van der Waals surface area contributed by atoms with Crippen molar-refractivity contribution in [3.8, 4) is 0 Å². The van der Waals surface area contributed by atoms with Crippen LogP contribution in [0.2, 0.25) is 0 Å². The Morgan fingerprint density at radius 3 is 1.47 bits per heavy atom. The first kappa shape index (κ1) is 20.8. The van der Waals surface area contributed by atoms with Crippen LogP contribution in [0.15, 0.2) is 24.8 Å². The van der Waals surface area contributed by atoms with E-state index in [1.54, 1.807) is 0 Å². The molecule has 19 heavy (non-hydrogen) atoms. The first-order valence-electron chi connectivity index (χ1n) is 8.03. The number of allylic oxidation sites excluding steroid dienone is 3. The summed E-state index contributed by atoms with van der Waals surface area (Å²) in [5.41, 5.74) is 0. The SMILES string of the molecule is C=CC(C)CC.CC/C=C/CC.CCC1OC1CC. The smallest absolute Gasteiger partial charge is 0.0839 e. The molecule has 0 aromatic carbocycles. The first-order chi connectivity index (χ1) is 9.10. The average molecular weight is 268 g/mol. The number of hydrogen-bond acceptors (Lipinski definition) is 1. The zero-order valence-corrected chi connectivity index (χ0v) is 14.1. The second kappa shape index (κ2) is 15.5. The molecular formula is C18H36O. The third kappa shape index (κ3) is 15.4. The molecule has 0 aliphatic carbocycles. The minimum atomic E-state index is 0.616. The van der Waals surface area contributed by atoms with Crippen molar-refractivity contribution in [2.45, 2.75) is 85.9 Å². The molecule has 0 amide bonds. The molecule has 1 aliphatic rings. The summed E-state index contributed by atoms with van der Waals surface area (Å²) >= 11 is 0. The molecule has 0 radical (unpaired) electrons. The molecule has 1 aliphatic heterocycles. The second-order valence-electron chi connectivity index (χ2n) is 4.94. The Hall–Kier alpha value is -0.560. The van der Waals surface area contributed by atoms with Crippen LogP contribution in [0.1, 0.15) is 73.6 Å². The fourth-order valence-electron chi connectivity index (χ4n) is 1.40. The number of ether oxygens (including phenoxy) is 1. The fourth-order valence-corrected chi connectivity index (χ4v) is 1.40. The monoisotopic (exact) mass is 268 g/mol. The molecule has 0 bridgehead atoms. The maximum absolute atomic E-state index is 5.22. The molecule has 114 valence electrons. The minimum Gasteiger partial charge on any atom is -0.370 e. The zero-order chi connectivity index (χ0) is 15.1. The summed E-state index contributed by atoms with van der Waals surface area (Å²) in [6, 6.07) is 0. The lowest BCUT2D eigenvalue weighted by Crippen LogP contribution is -1.87. The van der Waals surface area contributed by atoms with Crippen molar-refractivity contribution in [2.75, 3.05) is 0 Å². The van der Waals surface area contributed by atoms with Gasteiger partial charge in [0, 0.05) is 0 Å². The standard InChI is InChI=1S/C6H12O.2C6H12/c1-3-5-6(4-2)7-5;1-4-6(3)5-2;1-3-5-6-4-2/h5-6H,3-4H2,1-2H3;4,6H,1,5H2,2-3H3;5-6H,3-4H2,1-2H3/b;;6-5+. The van der Waals surface area contributed by atoms with Gasteiger partial charge < -0.3 is 4.74 Å². The van der Waals surface area contributed by atoms with Crippen LogP contribution in [0.4, 0.5) is 0 Å². The highest BCUT2D eigenvalue weighted by atomic mass is 16.6. The number of epoxide rings is 1. The molecular weight excluding hydrogens is 232 g/mol. The van der Waals surface area contributed by atoms with Crippen LogP contribution in [0, 0.1) is 5.92 Å². The largest absolute Gasteiger partial charge is 0.370 e. The molecule has 0 aromatic heterocycles. The van der Waals surface area contributed by atoms with E-state index in [0.717, 1.165) is 0 Å². The average Bonchev–Trinajstić information content (AvgIpc) is 3.24. The summed E-state index contributed by atoms with van der Waals surface area (Å²) < 4.78 is 5.22. The van der Waals surface area contributed by atoms with E-state index in [1.165, 1.54) is 32.1 Å². The van der Waals surface area contributed by atoms with Gasteiger partial charge in [0.1, 0.15) is 0 Å². The summed E-state index contributed by atoms with van der Waals surface area (Å²) in [6.45, 7) is 16.6. The van der Waals surface area contributed by atoms with Crippen LogP contribution in [0.5, 0.6) is 0 Å². The van der Waals surface area contributed by atoms with Crippen molar-refractivity contribution < 1.29 is 4.74 Å². The quantitative estimate of drug-likeness (QED) is 0.415. The molecule has 0 aromatic rings. The van der Waals surface area contributed by atoms with E-state index < -0.39 is 0 Å². The highest BCUT2D eigenvalue weighted by molar-refractivity contribution is 4.81. The summed E-state index contributed by atoms with van der Waals surface area (Å²) in [7, 11) is 0. The maximum atomic E-state index is 5.22. The summed E-state index contributed by atoms with van der Waals surface area (Å²) in [5.74, 6) is 0.699. The molecule has 1 saturated heterocycles. The normalized spacial score (nSPS) is 21.8. The Morgan fingerprint density at radius 1 is 0.947 bits per heavy atom. The van der Waals surface area contributed by atoms with Gasteiger partial charge >= 0.3 is 0 Å². The van der Waals surface area contributed by atoms with Gasteiger partial charge in [0.2, 0.25) is 0 Å². The van der Waals surface area contributed by atoms with E-state index in [0.29, 0.717) is 18.1 Å². The highest BCUT2D eigenvalue weighted by Gasteiger charge is 2.34. The van der Waals surface area contributed by atoms with Crippen molar-refractivity contribution in [2.24, 2.45) is 5.92 Å². The van der Waals surface area contributed by atoms with E-state index in [2.05, 4.69) is 60.3 Å². The second-order valence-corrected chi connectivity index (χ2v) is 4.94. The van der Waals surface area contributed by atoms with Crippen LogP contribution in [0.3, 0.4) is 0 Å². The lowest BCUT2D eigenvalue weighted by atomic mass is 10.1. The first-order valence-corrected chi connectivity index (χ1v) is 8.03. The van der Waals surface area contributed by atoms with Crippen LogP contribution in [0.25, 0.3) is 0 Å². The maximum Gasteiger partial charge on any atom is 0.0839 e. The van der Waals surface area contributed by atoms with Gasteiger partial charge in [-0.1, -0.05) is 66.2 Å². The van der Waals surface area contributed by atoms with E-state index in [1.807, 2.05) is 6.08 Å². The van der Waals surface area contributed by atoms with E-state index in [-0.39, 0.29) is 0 Å². The molecule has 1 heterocycles. The van der Waals surface area contributed by atoms with Gasteiger partial charge in [-0.25, -0.2) is 0 Å². The Labute approximate surface area is 122 Å². The molecule has 1 nitrogen and oxygen atoms in total. The van der Waals surface area contributed by atoms with Gasteiger partial charge in [-0.2, -0.15) is 0 Å². The highest BCUT2D eigenvalue weighted by Crippen LogP contribution is 2.26. The molecule has 3 unspecified atom stereocenters. The molecule has 0 spiro atoms. The predicted octanol–water partition coefficient (Wildman–Crippen LogP) is 6.15. The summed E-state index contributed by atoms with van der Waals surface area (Å²) in [4.78, 5) is 0. The van der Waals surface area contributed by atoms with Crippen LogP contribution in [-0.4, -0.2) is 12.2 Å². The lowest BCUT2D eigenvalue weighted by molar-refractivity contribution is 0.363. The molecule has 3 atom stereocenters. The molecule has 1 fully saturated rings. The Balaban J connectivity index is 0. The number of hydrogen-bond donors (Lipinski definition) is 0. The van der Waals surface area contributed by atoms with Gasteiger partial charge in [0.05, 0.1) is 12.2 Å². The predicted molar refractivity (Wildman–Crippen MR) is 88.6 cm³/mol. The van der Waals surface area contributed by atoms with Crippen molar-refractivity contribution >= 4 is 0 Å². The topological polar surface area (TPSA) is 12.5 Å². The minimum absolute atomic E-state index is 0.616. The van der Waals surface area contributed by atoms with Gasteiger partial charge in [-0.15, -0.1) is 6.58 Å². The van der Waals surface area contributed by atoms with Crippen LogP contribution >= 0.6 is 0 Å². The van der Waals surface area contributed by atoms with Gasteiger partial charge in [-0.05, 0) is 31.6 Å². The Bertz CT molecular complexity index is 194. The fraction of sp³-hybridized carbons (Fsp3) is 0.778. The van der Waals surface area contributed by atoms with E-state index in [4.69, 9.17) is 4.74 Å². The van der Waals surface area contributed by atoms with Crippen LogP contribution in [-0.2, 0) is 4.74 Å². The van der Waals surface area contributed by atoms with Gasteiger partial charge in [0.25, 0.3) is 0 Å². The molecule has 1 heteroatoms. The number of rotatable bonds is 6. The molecule has 0 N–H and O–H groups in total. The van der Waals surface area contributed by atoms with Crippen LogP contribution < -0.4 is 0 Å². The van der Waals surface area contributed by atoms with Crippen molar-refractivity contribution in [1.29, 1.82) is 0 Å². The third-order valence-corrected chi connectivity index (χ3v) is 3.18. The summed E-state index contributed by atoms with van der Waals surface area (Å²) in [5, 5.41) is 0. The van der Waals surface area contributed by atoms with E-state index in [9.17, 15) is 0 Å². The molecule has 0 saturated carbocycles. The third-order valence-electron chi connectivity index (χ3n) is 3.18. The Morgan fingerprint density at radius 2 is 1.37 bits per heavy atom. The molecule has 1 rings (SSSR count). The van der Waals surface area contributed by atoms with Crippen molar-refractivity contribution in [1.82, 2.24) is 0 Å². The summed E-state index contributed by atoms with van der Waals surface area (Å²) in [6.07, 6.45) is 13.5. The van der Waals surface area contributed by atoms with Crippen molar-refractivity contribution in [3.63, 3.8) is 0 Å². The van der Waals surface area contributed by atoms with E-state index >= 15 is 0 Å².